The summed E-state index contributed by atoms with van der Waals surface area (Å²) in [6.45, 7) is 9.40. The van der Waals surface area contributed by atoms with Crippen molar-refractivity contribution in [3.8, 4) is 5.75 Å². The van der Waals surface area contributed by atoms with Crippen molar-refractivity contribution in [1.29, 1.82) is 0 Å². The van der Waals surface area contributed by atoms with E-state index in [2.05, 4.69) is 10.6 Å². The first-order valence-corrected chi connectivity index (χ1v) is 14.7. The van der Waals surface area contributed by atoms with Gasteiger partial charge in [-0.1, -0.05) is 39.2 Å². The van der Waals surface area contributed by atoms with Crippen LogP contribution in [0.3, 0.4) is 0 Å². The summed E-state index contributed by atoms with van der Waals surface area (Å²) in [4.78, 5) is 28.0. The van der Waals surface area contributed by atoms with E-state index in [1.165, 1.54) is 32.1 Å². The van der Waals surface area contributed by atoms with Gasteiger partial charge >= 0.3 is 0 Å². The third-order valence-electron chi connectivity index (χ3n) is 8.11. The molecule has 220 valence electrons. The number of anilines is 1. The van der Waals surface area contributed by atoms with Gasteiger partial charge in [0, 0.05) is 42.6 Å². The van der Waals surface area contributed by atoms with Gasteiger partial charge < -0.3 is 26.0 Å². The number of amides is 2. The van der Waals surface area contributed by atoms with Crippen LogP contribution in [0.5, 0.6) is 5.75 Å². The van der Waals surface area contributed by atoms with E-state index in [0.717, 1.165) is 41.4 Å². The summed E-state index contributed by atoms with van der Waals surface area (Å²) in [5.74, 6) is 0.546. The number of benzene rings is 2. The molecule has 0 aromatic heterocycles. The molecule has 2 aromatic rings. The Morgan fingerprint density at radius 1 is 1.10 bits per heavy atom. The number of rotatable bonds is 6. The van der Waals surface area contributed by atoms with E-state index in [4.69, 9.17) is 10.5 Å². The Bertz CT molecular complexity index is 1350. The second-order valence-corrected chi connectivity index (χ2v) is 11.4. The largest absolute Gasteiger partial charge is 0.496 e. The minimum Gasteiger partial charge on any atom is -0.496 e. The Hall–Kier alpha value is -3.84. The number of allylic oxidation sites excluding steroid dienone is 3. The number of likely N-dealkylation sites (tertiary alicyclic amines) is 1. The molecule has 1 saturated carbocycles. The molecule has 2 aromatic carbocycles. The predicted molar refractivity (Wildman–Crippen MR) is 169 cm³/mol. The van der Waals surface area contributed by atoms with Gasteiger partial charge in [0.1, 0.15) is 11.3 Å². The summed E-state index contributed by atoms with van der Waals surface area (Å²) in [6.07, 6.45) is 13.8. The van der Waals surface area contributed by atoms with Crippen LogP contribution in [0.25, 0.3) is 5.70 Å². The van der Waals surface area contributed by atoms with Crippen molar-refractivity contribution in [2.75, 3.05) is 25.5 Å². The normalized spacial score (nSPS) is 19.6. The number of carbonyl (C=O) groups excluding carboxylic acids is 2. The van der Waals surface area contributed by atoms with Gasteiger partial charge in [0.05, 0.1) is 7.11 Å². The summed E-state index contributed by atoms with van der Waals surface area (Å²) < 4.78 is 5.36. The summed E-state index contributed by atoms with van der Waals surface area (Å²) in [6, 6.07) is 13.0. The van der Waals surface area contributed by atoms with Crippen LogP contribution >= 0.6 is 0 Å². The highest BCUT2D eigenvalue weighted by Gasteiger charge is 2.45. The molecule has 0 bridgehead atoms. The molecule has 1 spiro atoms. The lowest BCUT2D eigenvalue weighted by molar-refractivity contribution is -0.119. The van der Waals surface area contributed by atoms with E-state index in [-0.39, 0.29) is 13.2 Å². The number of ether oxygens (including phenoxy) is 1. The standard InChI is InChI=1S/C32H38N4O3.C2H6.H2/c1-22-18-24(12-15-28(22)39-3)27-9-7-8-26(34-27)19-31(2,33)30(38)35-25-13-10-23(11-14-25)29(37)36-20-32(21-36)16-5-4-6-17-32;1-2;/h7-15,18-19,34H,4-6,16-17,20-21,33H2,1-3H3,(H,35,38);1-2H3;1H/b26-19-;;. The van der Waals surface area contributed by atoms with Crippen LogP contribution in [0.15, 0.2) is 72.5 Å². The Kier molecular flexibility index (Phi) is 9.38. The van der Waals surface area contributed by atoms with E-state index in [1.807, 2.05) is 62.1 Å². The molecule has 2 fully saturated rings. The second-order valence-electron chi connectivity index (χ2n) is 11.4. The summed E-state index contributed by atoms with van der Waals surface area (Å²) in [7, 11) is 1.66. The van der Waals surface area contributed by atoms with E-state index in [9.17, 15) is 9.59 Å². The number of dihydropyridines is 1. The van der Waals surface area contributed by atoms with Gasteiger partial charge in [-0.2, -0.15) is 0 Å². The van der Waals surface area contributed by atoms with Gasteiger partial charge in [-0.25, -0.2) is 0 Å². The predicted octanol–water partition coefficient (Wildman–Crippen LogP) is 6.42. The molecule has 2 heterocycles. The van der Waals surface area contributed by atoms with Crippen molar-refractivity contribution < 1.29 is 15.8 Å². The number of hydrogen-bond donors (Lipinski definition) is 3. The van der Waals surface area contributed by atoms with E-state index in [0.29, 0.717) is 16.7 Å². The lowest BCUT2D eigenvalue weighted by Crippen LogP contribution is -2.59. The zero-order valence-electron chi connectivity index (χ0n) is 25.0. The first kappa shape index (κ1) is 30.1. The van der Waals surface area contributed by atoms with E-state index >= 15 is 0 Å². The molecule has 1 saturated heterocycles. The molecule has 2 aliphatic heterocycles. The monoisotopic (exact) mass is 558 g/mol. The second kappa shape index (κ2) is 12.8. The van der Waals surface area contributed by atoms with Crippen molar-refractivity contribution in [1.82, 2.24) is 10.2 Å². The maximum Gasteiger partial charge on any atom is 0.253 e. The number of nitrogens with one attached hydrogen (secondary N) is 2. The molecule has 4 N–H and O–H groups in total. The van der Waals surface area contributed by atoms with Gasteiger partial charge in [0.2, 0.25) is 5.91 Å². The van der Waals surface area contributed by atoms with Gasteiger partial charge in [0.25, 0.3) is 5.91 Å². The molecule has 7 nitrogen and oxygen atoms in total. The highest BCUT2D eigenvalue weighted by molar-refractivity contribution is 6.00. The van der Waals surface area contributed by atoms with Crippen molar-refractivity contribution in [3.63, 3.8) is 0 Å². The minimum absolute atomic E-state index is 0. The summed E-state index contributed by atoms with van der Waals surface area (Å²) in [5.41, 5.74) is 10.4. The third-order valence-corrected chi connectivity index (χ3v) is 8.11. The number of nitrogens with zero attached hydrogens (tertiary/aromatic N) is 1. The molecule has 7 heteroatoms. The van der Waals surface area contributed by atoms with Crippen molar-refractivity contribution >= 4 is 23.2 Å². The van der Waals surface area contributed by atoms with Crippen molar-refractivity contribution in [3.05, 3.63) is 89.2 Å². The molecule has 0 radical (unpaired) electrons. The highest BCUT2D eigenvalue weighted by atomic mass is 16.5. The topological polar surface area (TPSA) is 96.7 Å². The van der Waals surface area contributed by atoms with Gasteiger partial charge in [-0.05, 0) is 98.5 Å². The molecule has 5 rings (SSSR count). The van der Waals surface area contributed by atoms with Crippen LogP contribution in [-0.2, 0) is 4.79 Å². The molecular weight excluding hydrogens is 512 g/mol. The van der Waals surface area contributed by atoms with Gasteiger partial charge in [-0.3, -0.25) is 9.59 Å². The van der Waals surface area contributed by atoms with Crippen LogP contribution in [0.1, 0.15) is 75.8 Å². The fraction of sp³-hybridized carbons (Fsp3) is 0.412. The third kappa shape index (κ3) is 6.91. The fourth-order valence-electron chi connectivity index (χ4n) is 5.84. The first-order chi connectivity index (χ1) is 19.7. The Labute approximate surface area is 246 Å². The molecule has 1 atom stereocenters. The average molecular weight is 559 g/mol. The molecule has 41 heavy (non-hydrogen) atoms. The number of carbonyl (C=O) groups is 2. The molecule has 2 amide bonds. The Morgan fingerprint density at radius 3 is 2.41 bits per heavy atom. The Morgan fingerprint density at radius 2 is 1.78 bits per heavy atom. The summed E-state index contributed by atoms with van der Waals surface area (Å²) in [5, 5.41) is 6.26. The average Bonchev–Trinajstić information content (AvgIpc) is 2.97. The van der Waals surface area contributed by atoms with Crippen LogP contribution in [0.4, 0.5) is 5.69 Å². The molecule has 1 unspecified atom stereocenters. The lowest BCUT2D eigenvalue weighted by atomic mass is 9.68. The maximum absolute atomic E-state index is 13.1. The van der Waals surface area contributed by atoms with Crippen LogP contribution in [0, 0.1) is 12.3 Å². The maximum atomic E-state index is 13.1. The molecular formula is C34H46N4O3. The smallest absolute Gasteiger partial charge is 0.253 e. The number of aryl methyl sites for hydroxylation is 1. The Balaban J connectivity index is 0.00000158. The van der Waals surface area contributed by atoms with Crippen molar-refractivity contribution in [2.24, 2.45) is 11.1 Å². The summed E-state index contributed by atoms with van der Waals surface area (Å²) >= 11 is 0. The highest BCUT2D eigenvalue weighted by Crippen LogP contribution is 2.44. The number of hydrogen-bond acceptors (Lipinski definition) is 5. The van der Waals surface area contributed by atoms with Crippen LogP contribution < -0.4 is 21.1 Å². The zero-order chi connectivity index (χ0) is 29.6. The number of nitrogens with two attached hydrogens (primary N) is 1. The first-order valence-electron chi connectivity index (χ1n) is 14.7. The van der Waals surface area contributed by atoms with E-state index < -0.39 is 5.54 Å². The number of methoxy groups -OCH3 is 1. The van der Waals surface area contributed by atoms with Crippen LogP contribution in [-0.4, -0.2) is 42.5 Å². The van der Waals surface area contributed by atoms with Crippen LogP contribution in [0.2, 0.25) is 0 Å². The van der Waals surface area contributed by atoms with Crippen molar-refractivity contribution in [2.45, 2.75) is 65.3 Å². The van der Waals surface area contributed by atoms with Gasteiger partial charge in [0.15, 0.2) is 0 Å². The molecule has 1 aliphatic carbocycles. The minimum atomic E-state index is -1.27. The quantitative estimate of drug-likeness (QED) is 0.380. The lowest BCUT2D eigenvalue weighted by Gasteiger charge is -2.52. The fourth-order valence-corrected chi connectivity index (χ4v) is 5.84. The zero-order valence-corrected chi connectivity index (χ0v) is 25.0. The van der Waals surface area contributed by atoms with Gasteiger partial charge in [-0.15, -0.1) is 0 Å². The SMILES string of the molecule is CC.COc1ccc(C2=CC=C/C(=C/C(C)(N)C(=O)Nc3ccc(C(=O)N4CC5(CCCCC5)C4)cc3)N2)cc1C.[HH]. The van der Waals surface area contributed by atoms with E-state index in [1.54, 1.807) is 44.4 Å². The molecule has 3 aliphatic rings.